The van der Waals surface area contributed by atoms with Gasteiger partial charge in [-0.25, -0.2) is 0 Å². The lowest BCUT2D eigenvalue weighted by atomic mass is 9.83. The fraction of sp³-hybridized carbons (Fsp3) is 0.625. The molecule has 4 heteroatoms. The summed E-state index contributed by atoms with van der Waals surface area (Å²) >= 11 is 6.27. The summed E-state index contributed by atoms with van der Waals surface area (Å²) in [6, 6.07) is 6.24. The second-order valence-corrected chi connectivity index (χ2v) is 5.90. The molecule has 1 aromatic rings. The zero-order valence-corrected chi connectivity index (χ0v) is 14.1. The molecule has 0 spiro atoms. The first-order valence-corrected chi connectivity index (χ1v) is 7.79. The number of hydrogen-bond donors (Lipinski definition) is 2. The van der Waals surface area contributed by atoms with Gasteiger partial charge in [0, 0.05) is 10.6 Å². The van der Waals surface area contributed by atoms with Gasteiger partial charge < -0.3 is 0 Å². The van der Waals surface area contributed by atoms with E-state index in [9.17, 15) is 0 Å². The lowest BCUT2D eigenvalue weighted by molar-refractivity contribution is 0.0698. The minimum Gasteiger partial charge on any atom is -0.297 e. The molecule has 2 atom stereocenters. The summed E-state index contributed by atoms with van der Waals surface area (Å²) in [5.41, 5.74) is 5.19. The first-order chi connectivity index (χ1) is 9.44. The van der Waals surface area contributed by atoms with Crippen LogP contribution < -0.4 is 11.3 Å². The highest BCUT2D eigenvalue weighted by Gasteiger charge is 2.37. The van der Waals surface area contributed by atoms with Gasteiger partial charge in [0.2, 0.25) is 0 Å². The van der Waals surface area contributed by atoms with E-state index >= 15 is 0 Å². The zero-order valence-electron chi connectivity index (χ0n) is 13.3. The van der Waals surface area contributed by atoms with E-state index in [4.69, 9.17) is 17.4 Å². The number of nitrogens with two attached hydrogens (primary N) is 1. The standard InChI is InChI=1S/C16H28ClN3/c1-6-16(5,20(7-2)8-3)15(19-18)13-10-9-12(4)14(17)11-13/h9-11,15,19H,6-8,18H2,1-5H3. The number of aryl methyl sites for hydroxylation is 1. The van der Waals surface area contributed by atoms with Crippen LogP contribution in [0.4, 0.5) is 0 Å². The minimum atomic E-state index is -0.0448. The molecule has 3 N–H and O–H groups in total. The third kappa shape index (κ3) is 3.34. The van der Waals surface area contributed by atoms with Crippen molar-refractivity contribution in [2.24, 2.45) is 5.84 Å². The Morgan fingerprint density at radius 1 is 1.30 bits per heavy atom. The van der Waals surface area contributed by atoms with Crippen LogP contribution in [0.1, 0.15) is 51.3 Å². The molecule has 0 aliphatic heterocycles. The van der Waals surface area contributed by atoms with Crippen molar-refractivity contribution >= 4 is 11.6 Å². The average molecular weight is 298 g/mol. The Labute approximate surface area is 128 Å². The van der Waals surface area contributed by atoms with Crippen LogP contribution in [0.3, 0.4) is 0 Å². The van der Waals surface area contributed by atoms with Crippen LogP contribution in [0, 0.1) is 6.92 Å². The Kier molecular flexibility index (Phi) is 6.46. The summed E-state index contributed by atoms with van der Waals surface area (Å²) in [6.45, 7) is 12.9. The lowest BCUT2D eigenvalue weighted by Gasteiger charge is -2.45. The molecule has 0 bridgehead atoms. The van der Waals surface area contributed by atoms with Gasteiger partial charge in [0.1, 0.15) is 0 Å². The Bertz CT molecular complexity index is 432. The second-order valence-electron chi connectivity index (χ2n) is 5.49. The number of likely N-dealkylation sites (N-methyl/N-ethyl adjacent to an activating group) is 1. The van der Waals surface area contributed by atoms with Crippen molar-refractivity contribution in [1.82, 2.24) is 10.3 Å². The highest BCUT2D eigenvalue weighted by atomic mass is 35.5. The highest BCUT2D eigenvalue weighted by molar-refractivity contribution is 6.31. The van der Waals surface area contributed by atoms with E-state index in [1.54, 1.807) is 0 Å². The van der Waals surface area contributed by atoms with Crippen LogP contribution in [0.25, 0.3) is 0 Å². The molecule has 1 aromatic carbocycles. The molecule has 0 aliphatic rings. The van der Waals surface area contributed by atoms with Crippen LogP contribution in [0.5, 0.6) is 0 Å². The summed E-state index contributed by atoms with van der Waals surface area (Å²) in [5.74, 6) is 5.88. The van der Waals surface area contributed by atoms with Gasteiger partial charge in [0.05, 0.1) is 6.04 Å². The number of benzene rings is 1. The van der Waals surface area contributed by atoms with Crippen molar-refractivity contribution in [3.8, 4) is 0 Å². The maximum Gasteiger partial charge on any atom is 0.0641 e. The zero-order chi connectivity index (χ0) is 15.3. The van der Waals surface area contributed by atoms with Crippen LogP contribution in [-0.2, 0) is 0 Å². The van der Waals surface area contributed by atoms with Crippen LogP contribution in [-0.4, -0.2) is 23.5 Å². The second kappa shape index (κ2) is 7.41. The third-order valence-corrected chi connectivity index (χ3v) is 4.93. The van der Waals surface area contributed by atoms with E-state index < -0.39 is 0 Å². The van der Waals surface area contributed by atoms with Gasteiger partial charge in [-0.2, -0.15) is 0 Å². The van der Waals surface area contributed by atoms with E-state index in [2.05, 4.69) is 50.2 Å². The Morgan fingerprint density at radius 3 is 2.30 bits per heavy atom. The molecule has 0 aromatic heterocycles. The van der Waals surface area contributed by atoms with Crippen molar-refractivity contribution in [2.75, 3.05) is 13.1 Å². The van der Waals surface area contributed by atoms with E-state index in [-0.39, 0.29) is 11.6 Å². The Hall–Kier alpha value is -0.610. The van der Waals surface area contributed by atoms with Crippen LogP contribution >= 0.6 is 11.6 Å². The lowest BCUT2D eigenvalue weighted by Crippen LogP contribution is -2.55. The molecule has 20 heavy (non-hydrogen) atoms. The van der Waals surface area contributed by atoms with Crippen molar-refractivity contribution < 1.29 is 0 Å². The third-order valence-electron chi connectivity index (χ3n) is 4.52. The predicted molar refractivity (Wildman–Crippen MR) is 87.9 cm³/mol. The molecule has 0 heterocycles. The molecule has 0 fully saturated rings. The molecule has 0 saturated carbocycles. The number of hydrogen-bond acceptors (Lipinski definition) is 3. The van der Waals surface area contributed by atoms with Crippen molar-refractivity contribution in [3.05, 3.63) is 34.3 Å². The molecular formula is C16H28ClN3. The van der Waals surface area contributed by atoms with Gasteiger partial charge in [-0.3, -0.25) is 16.2 Å². The van der Waals surface area contributed by atoms with Crippen molar-refractivity contribution in [2.45, 2.75) is 52.6 Å². The summed E-state index contributed by atoms with van der Waals surface area (Å²) in [7, 11) is 0. The number of nitrogens with zero attached hydrogens (tertiary/aromatic N) is 1. The largest absolute Gasteiger partial charge is 0.297 e. The molecule has 0 amide bonds. The monoisotopic (exact) mass is 297 g/mol. The number of hydrazine groups is 1. The van der Waals surface area contributed by atoms with Crippen molar-refractivity contribution in [3.63, 3.8) is 0 Å². The molecule has 1 rings (SSSR count). The highest BCUT2D eigenvalue weighted by Crippen LogP contribution is 2.35. The molecule has 2 unspecified atom stereocenters. The van der Waals surface area contributed by atoms with Gasteiger partial charge in [-0.15, -0.1) is 0 Å². The Morgan fingerprint density at radius 2 is 1.90 bits per heavy atom. The van der Waals surface area contributed by atoms with E-state index in [0.29, 0.717) is 0 Å². The van der Waals surface area contributed by atoms with E-state index in [1.807, 2.05) is 13.0 Å². The summed E-state index contributed by atoms with van der Waals surface area (Å²) < 4.78 is 0. The average Bonchev–Trinajstić information content (AvgIpc) is 2.44. The van der Waals surface area contributed by atoms with Gasteiger partial charge in [0.25, 0.3) is 0 Å². The summed E-state index contributed by atoms with van der Waals surface area (Å²) in [6.07, 6.45) is 1.01. The number of halogens is 1. The topological polar surface area (TPSA) is 41.3 Å². The molecule has 0 radical (unpaired) electrons. The molecular weight excluding hydrogens is 270 g/mol. The van der Waals surface area contributed by atoms with Crippen molar-refractivity contribution in [1.29, 1.82) is 0 Å². The molecule has 114 valence electrons. The fourth-order valence-corrected chi connectivity index (χ4v) is 3.17. The maximum absolute atomic E-state index is 6.27. The van der Waals surface area contributed by atoms with Crippen LogP contribution in [0.2, 0.25) is 5.02 Å². The molecule has 3 nitrogen and oxygen atoms in total. The fourth-order valence-electron chi connectivity index (χ4n) is 2.98. The number of rotatable bonds is 7. The van der Waals surface area contributed by atoms with Gasteiger partial charge in [-0.1, -0.05) is 44.5 Å². The Balaban J connectivity index is 3.23. The van der Waals surface area contributed by atoms with E-state index in [1.165, 1.54) is 0 Å². The maximum atomic E-state index is 6.27. The van der Waals surface area contributed by atoms with Crippen LogP contribution in [0.15, 0.2) is 18.2 Å². The minimum absolute atomic E-state index is 0.0448. The quantitative estimate of drug-likeness (QED) is 0.596. The predicted octanol–water partition coefficient (Wildman–Crippen LogP) is 3.66. The summed E-state index contributed by atoms with van der Waals surface area (Å²) in [4.78, 5) is 2.45. The first kappa shape index (κ1) is 17.4. The summed E-state index contributed by atoms with van der Waals surface area (Å²) in [5, 5.41) is 0.792. The van der Waals surface area contributed by atoms with Gasteiger partial charge in [-0.05, 0) is 50.6 Å². The molecule has 0 aliphatic carbocycles. The SMILES string of the molecule is CCN(CC)C(C)(CC)C(NN)c1ccc(C)c(Cl)c1. The van der Waals surface area contributed by atoms with Gasteiger partial charge >= 0.3 is 0 Å². The smallest absolute Gasteiger partial charge is 0.0641 e. The molecule has 0 saturated heterocycles. The normalized spacial score (nSPS) is 16.2. The van der Waals surface area contributed by atoms with Gasteiger partial charge in [0.15, 0.2) is 0 Å². The first-order valence-electron chi connectivity index (χ1n) is 7.41. The van der Waals surface area contributed by atoms with E-state index in [0.717, 1.165) is 35.7 Å². The number of nitrogens with one attached hydrogen (secondary N) is 1.